The van der Waals surface area contributed by atoms with Gasteiger partial charge < -0.3 is 14.5 Å². The van der Waals surface area contributed by atoms with Gasteiger partial charge in [-0.3, -0.25) is 0 Å². The minimum atomic E-state index is -0.0621. The van der Waals surface area contributed by atoms with E-state index in [2.05, 4.69) is 42.4 Å². The minimum Gasteiger partial charge on any atom is -0.408 e. The molecular formula is C16H25N3O2. The number of hydrogen-bond donors (Lipinski definition) is 1. The second-order valence-corrected chi connectivity index (χ2v) is 6.84. The van der Waals surface area contributed by atoms with Crippen LogP contribution in [-0.2, 0) is 10.2 Å². The lowest BCUT2D eigenvalue weighted by Gasteiger charge is -2.22. The van der Waals surface area contributed by atoms with Crippen LogP contribution < -0.4 is 5.32 Å². The number of aromatic nitrogens is 2. The van der Waals surface area contributed by atoms with Crippen molar-refractivity contribution >= 4 is 6.01 Å². The van der Waals surface area contributed by atoms with Crippen molar-refractivity contribution in [1.82, 2.24) is 10.2 Å². The molecule has 5 heteroatoms. The van der Waals surface area contributed by atoms with E-state index in [-0.39, 0.29) is 5.41 Å². The molecule has 2 heterocycles. The van der Waals surface area contributed by atoms with Crippen molar-refractivity contribution in [2.45, 2.75) is 51.9 Å². The lowest BCUT2D eigenvalue weighted by Crippen LogP contribution is -2.21. The maximum Gasteiger partial charge on any atom is 0.315 e. The van der Waals surface area contributed by atoms with Crippen LogP contribution in [0.5, 0.6) is 0 Å². The van der Waals surface area contributed by atoms with Gasteiger partial charge in [-0.15, -0.1) is 5.10 Å². The summed E-state index contributed by atoms with van der Waals surface area (Å²) < 4.78 is 11.2. The molecule has 0 spiro atoms. The maximum absolute atomic E-state index is 5.77. The summed E-state index contributed by atoms with van der Waals surface area (Å²) in [6.45, 7) is 8.87. The van der Waals surface area contributed by atoms with E-state index in [0.29, 0.717) is 17.3 Å². The van der Waals surface area contributed by atoms with Crippen LogP contribution in [0.15, 0.2) is 16.1 Å². The van der Waals surface area contributed by atoms with Crippen LogP contribution in [-0.4, -0.2) is 30.0 Å². The van der Waals surface area contributed by atoms with Gasteiger partial charge in [0.05, 0.1) is 13.2 Å². The number of rotatable bonds is 6. The molecule has 1 saturated carbocycles. The Morgan fingerprint density at radius 3 is 2.76 bits per heavy atom. The van der Waals surface area contributed by atoms with Gasteiger partial charge in [0, 0.05) is 17.4 Å². The lowest BCUT2D eigenvalue weighted by molar-refractivity contribution is 0.150. The molecular weight excluding hydrogens is 266 g/mol. The number of nitrogens with zero attached hydrogens (tertiary/aromatic N) is 2. The van der Waals surface area contributed by atoms with Crippen molar-refractivity contribution in [3.8, 4) is 0 Å². The van der Waals surface area contributed by atoms with E-state index in [4.69, 9.17) is 9.15 Å². The first kappa shape index (κ1) is 14.6. The summed E-state index contributed by atoms with van der Waals surface area (Å²) in [5.41, 5.74) is 1.78. The molecule has 3 rings (SSSR count). The highest BCUT2D eigenvalue weighted by molar-refractivity contribution is 5.29. The second-order valence-electron chi connectivity index (χ2n) is 6.84. The number of anilines is 1. The van der Waals surface area contributed by atoms with E-state index in [1.807, 2.05) is 0 Å². The fourth-order valence-electron chi connectivity index (χ4n) is 2.74. The summed E-state index contributed by atoms with van der Waals surface area (Å²) in [6, 6.07) is 0.547. The molecule has 1 fully saturated rings. The van der Waals surface area contributed by atoms with E-state index in [1.165, 1.54) is 18.4 Å². The molecule has 1 aromatic rings. The summed E-state index contributed by atoms with van der Waals surface area (Å²) in [5.74, 6) is 0.711. The van der Waals surface area contributed by atoms with Crippen molar-refractivity contribution in [2.75, 3.05) is 25.1 Å². The first-order valence-corrected chi connectivity index (χ1v) is 7.91. The third kappa shape index (κ3) is 2.98. The normalized spacial score (nSPS) is 21.0. The highest BCUT2D eigenvalue weighted by atomic mass is 16.5. The zero-order valence-electron chi connectivity index (χ0n) is 13.2. The summed E-state index contributed by atoms with van der Waals surface area (Å²) in [6.07, 6.45) is 6.77. The van der Waals surface area contributed by atoms with Crippen LogP contribution >= 0.6 is 0 Å². The second kappa shape index (κ2) is 5.44. The quantitative estimate of drug-likeness (QED) is 0.815. The molecule has 2 aliphatic rings. The Bertz CT molecular complexity index is 529. The predicted molar refractivity (Wildman–Crippen MR) is 81.3 cm³/mol. The van der Waals surface area contributed by atoms with Gasteiger partial charge in [0.15, 0.2) is 0 Å². The molecule has 0 saturated heterocycles. The monoisotopic (exact) mass is 291 g/mol. The molecule has 1 aliphatic carbocycles. The molecule has 0 radical (unpaired) electrons. The van der Waals surface area contributed by atoms with Crippen molar-refractivity contribution in [3.05, 3.63) is 17.5 Å². The number of nitrogens with one attached hydrogen (secondary N) is 1. The van der Waals surface area contributed by atoms with E-state index < -0.39 is 0 Å². The molecule has 116 valence electrons. The molecule has 5 nitrogen and oxygen atoms in total. The summed E-state index contributed by atoms with van der Waals surface area (Å²) in [5, 5.41) is 11.7. The van der Waals surface area contributed by atoms with Gasteiger partial charge in [-0.1, -0.05) is 37.5 Å². The molecule has 21 heavy (non-hydrogen) atoms. The molecule has 0 amide bonds. The first-order chi connectivity index (χ1) is 10.1. The fraction of sp³-hybridized carbons (Fsp3) is 0.750. The van der Waals surface area contributed by atoms with Crippen LogP contribution in [0.25, 0.3) is 0 Å². The SMILES string of the molecule is CCC(C)(C)c1nnc(NCC2(C3=CCOCC3)CC2)o1. The molecule has 1 aromatic heterocycles. The van der Waals surface area contributed by atoms with Crippen LogP contribution in [0.1, 0.15) is 52.3 Å². The van der Waals surface area contributed by atoms with E-state index >= 15 is 0 Å². The van der Waals surface area contributed by atoms with E-state index in [1.54, 1.807) is 0 Å². The molecule has 0 unspecified atom stereocenters. The molecule has 1 aliphatic heterocycles. The van der Waals surface area contributed by atoms with Gasteiger partial charge in [-0.25, -0.2) is 0 Å². The Morgan fingerprint density at radius 2 is 2.14 bits per heavy atom. The van der Waals surface area contributed by atoms with Gasteiger partial charge in [0.25, 0.3) is 0 Å². The van der Waals surface area contributed by atoms with Crippen LogP contribution in [0.4, 0.5) is 6.01 Å². The molecule has 1 N–H and O–H groups in total. The number of ether oxygens (including phenoxy) is 1. The minimum absolute atomic E-state index is 0.0621. The fourth-order valence-corrected chi connectivity index (χ4v) is 2.74. The largest absolute Gasteiger partial charge is 0.408 e. The van der Waals surface area contributed by atoms with E-state index in [9.17, 15) is 0 Å². The van der Waals surface area contributed by atoms with Gasteiger partial charge >= 0.3 is 6.01 Å². The first-order valence-electron chi connectivity index (χ1n) is 7.91. The third-order valence-electron chi connectivity index (χ3n) is 4.96. The Morgan fingerprint density at radius 1 is 1.33 bits per heavy atom. The highest BCUT2D eigenvalue weighted by Gasteiger charge is 2.45. The Labute approximate surface area is 126 Å². The van der Waals surface area contributed by atoms with Crippen molar-refractivity contribution in [1.29, 1.82) is 0 Å². The van der Waals surface area contributed by atoms with Gasteiger partial charge in [0.1, 0.15) is 0 Å². The average Bonchev–Trinajstić information content (AvgIpc) is 3.15. The Kier molecular flexibility index (Phi) is 3.78. The van der Waals surface area contributed by atoms with Crippen LogP contribution in [0, 0.1) is 5.41 Å². The summed E-state index contributed by atoms with van der Waals surface area (Å²) in [7, 11) is 0. The van der Waals surface area contributed by atoms with Crippen molar-refractivity contribution < 1.29 is 9.15 Å². The summed E-state index contributed by atoms with van der Waals surface area (Å²) >= 11 is 0. The zero-order chi connectivity index (χ0) is 14.9. The van der Waals surface area contributed by atoms with E-state index in [0.717, 1.165) is 32.6 Å². The molecule has 0 bridgehead atoms. The van der Waals surface area contributed by atoms with Crippen LogP contribution in [0.2, 0.25) is 0 Å². The predicted octanol–water partition coefficient (Wildman–Crippen LogP) is 3.30. The molecule has 0 aromatic carbocycles. The summed E-state index contributed by atoms with van der Waals surface area (Å²) in [4.78, 5) is 0. The van der Waals surface area contributed by atoms with Crippen molar-refractivity contribution in [3.63, 3.8) is 0 Å². The average molecular weight is 291 g/mol. The number of hydrogen-bond acceptors (Lipinski definition) is 5. The van der Waals surface area contributed by atoms with Crippen molar-refractivity contribution in [2.24, 2.45) is 5.41 Å². The van der Waals surface area contributed by atoms with Gasteiger partial charge in [-0.2, -0.15) is 0 Å². The van der Waals surface area contributed by atoms with Gasteiger partial charge in [0.2, 0.25) is 5.89 Å². The van der Waals surface area contributed by atoms with Crippen LogP contribution in [0.3, 0.4) is 0 Å². The zero-order valence-corrected chi connectivity index (χ0v) is 13.2. The molecule has 0 atom stereocenters. The van der Waals surface area contributed by atoms with Gasteiger partial charge in [-0.05, 0) is 25.7 Å². The Hall–Kier alpha value is -1.36. The maximum atomic E-state index is 5.77. The smallest absolute Gasteiger partial charge is 0.315 e. The lowest BCUT2D eigenvalue weighted by atomic mass is 9.90. The highest BCUT2D eigenvalue weighted by Crippen LogP contribution is 2.53. The Balaban J connectivity index is 1.62. The topological polar surface area (TPSA) is 60.2 Å². The standard InChI is InChI=1S/C16H25N3O2/c1-4-15(2,3)13-18-19-14(21-13)17-11-16(7-8-16)12-5-9-20-10-6-12/h5H,4,6-11H2,1-3H3,(H,17,19). The third-order valence-corrected chi connectivity index (χ3v) is 4.96.